The van der Waals surface area contributed by atoms with Gasteiger partial charge in [0.25, 0.3) is 0 Å². The largest absolute Gasteiger partial charge is 0.342 e. The van der Waals surface area contributed by atoms with E-state index in [2.05, 4.69) is 56.2 Å². The van der Waals surface area contributed by atoms with Gasteiger partial charge >= 0.3 is 0 Å². The lowest BCUT2D eigenvalue weighted by Crippen LogP contribution is -2.21. The monoisotopic (exact) mass is 213 g/mol. The van der Waals surface area contributed by atoms with Crippen LogP contribution in [0.15, 0.2) is 61.3 Å². The molecule has 0 unspecified atom stereocenters. The van der Waals surface area contributed by atoms with Crippen molar-refractivity contribution in [1.82, 2.24) is 0 Å². The fourth-order valence-corrected chi connectivity index (χ4v) is 1.75. The summed E-state index contributed by atoms with van der Waals surface area (Å²) in [7, 11) is 0. The van der Waals surface area contributed by atoms with Crippen molar-refractivity contribution in [3.63, 3.8) is 0 Å². The lowest BCUT2D eigenvalue weighted by molar-refractivity contribution is 0.972. The molecular formula is C15H19N. The smallest absolute Gasteiger partial charge is 0.0440 e. The second-order valence-electron chi connectivity index (χ2n) is 3.56. The number of hydrogen-bond donors (Lipinski definition) is 0. The van der Waals surface area contributed by atoms with Crippen LogP contribution in [0.5, 0.6) is 0 Å². The molecule has 1 aromatic carbocycles. The van der Waals surface area contributed by atoms with Crippen LogP contribution in [-0.4, -0.2) is 6.54 Å². The maximum Gasteiger partial charge on any atom is 0.0440 e. The SMILES string of the molecule is C=C/C=C(\C=C)N(CC)c1ccccc1C. The Balaban J connectivity index is 3.16. The Kier molecular flexibility index (Phi) is 4.59. The van der Waals surface area contributed by atoms with Gasteiger partial charge in [-0.25, -0.2) is 0 Å². The number of likely N-dealkylation sites (N-methyl/N-ethyl adjacent to an activating group) is 1. The molecule has 0 aliphatic heterocycles. The Morgan fingerprint density at radius 3 is 2.50 bits per heavy atom. The van der Waals surface area contributed by atoms with Crippen LogP contribution in [0, 0.1) is 6.92 Å². The van der Waals surface area contributed by atoms with Crippen LogP contribution < -0.4 is 4.90 Å². The second kappa shape index (κ2) is 5.96. The summed E-state index contributed by atoms with van der Waals surface area (Å²) in [5.74, 6) is 0. The summed E-state index contributed by atoms with van der Waals surface area (Å²) in [5, 5.41) is 0. The highest BCUT2D eigenvalue weighted by Gasteiger charge is 2.08. The van der Waals surface area contributed by atoms with E-state index >= 15 is 0 Å². The molecule has 0 amide bonds. The van der Waals surface area contributed by atoms with Crippen LogP contribution in [0.4, 0.5) is 5.69 Å². The van der Waals surface area contributed by atoms with E-state index < -0.39 is 0 Å². The molecule has 1 nitrogen and oxygen atoms in total. The molecule has 0 heterocycles. The van der Waals surface area contributed by atoms with E-state index in [-0.39, 0.29) is 0 Å². The number of rotatable bonds is 5. The van der Waals surface area contributed by atoms with E-state index in [0.29, 0.717) is 0 Å². The minimum atomic E-state index is 0.913. The summed E-state index contributed by atoms with van der Waals surface area (Å²) in [5.41, 5.74) is 3.56. The number of benzene rings is 1. The zero-order valence-electron chi connectivity index (χ0n) is 10.1. The van der Waals surface area contributed by atoms with Gasteiger partial charge in [-0.3, -0.25) is 0 Å². The standard InChI is InChI=1S/C15H19N/c1-5-10-14(6-2)16(7-3)15-12-9-8-11-13(15)4/h5-6,8-12H,1-2,7H2,3-4H3/b14-10+. The van der Waals surface area contributed by atoms with Crippen LogP contribution in [-0.2, 0) is 0 Å². The Morgan fingerprint density at radius 1 is 1.31 bits per heavy atom. The average Bonchev–Trinajstić information content (AvgIpc) is 2.31. The topological polar surface area (TPSA) is 3.24 Å². The number of hydrogen-bond acceptors (Lipinski definition) is 1. The van der Waals surface area contributed by atoms with Crippen molar-refractivity contribution in [3.8, 4) is 0 Å². The molecule has 1 aromatic rings. The van der Waals surface area contributed by atoms with E-state index in [4.69, 9.17) is 0 Å². The Morgan fingerprint density at radius 2 is 2.00 bits per heavy atom. The normalized spacial score (nSPS) is 11.0. The fourth-order valence-electron chi connectivity index (χ4n) is 1.75. The fraction of sp³-hybridized carbons (Fsp3) is 0.200. The van der Waals surface area contributed by atoms with Gasteiger partial charge < -0.3 is 4.90 Å². The molecule has 1 rings (SSSR count). The van der Waals surface area contributed by atoms with Gasteiger partial charge in [-0.2, -0.15) is 0 Å². The molecule has 84 valence electrons. The van der Waals surface area contributed by atoms with E-state index in [1.807, 2.05) is 12.2 Å². The second-order valence-corrected chi connectivity index (χ2v) is 3.56. The predicted octanol–water partition coefficient (Wildman–Crippen LogP) is 4.08. The van der Waals surface area contributed by atoms with Crippen molar-refractivity contribution in [2.24, 2.45) is 0 Å². The molecule has 0 N–H and O–H groups in total. The first kappa shape index (κ1) is 12.3. The van der Waals surface area contributed by atoms with Crippen LogP contribution in [0.25, 0.3) is 0 Å². The molecular weight excluding hydrogens is 194 g/mol. The summed E-state index contributed by atoms with van der Waals surface area (Å²) in [6.45, 7) is 12.7. The van der Waals surface area contributed by atoms with E-state index in [1.54, 1.807) is 6.08 Å². The molecule has 0 aliphatic rings. The first-order chi connectivity index (χ1) is 7.74. The summed E-state index contributed by atoms with van der Waals surface area (Å²) in [4.78, 5) is 2.23. The summed E-state index contributed by atoms with van der Waals surface area (Å²) >= 11 is 0. The van der Waals surface area contributed by atoms with Gasteiger partial charge in [0.15, 0.2) is 0 Å². The third-order valence-corrected chi connectivity index (χ3v) is 2.53. The van der Waals surface area contributed by atoms with Crippen molar-refractivity contribution in [2.45, 2.75) is 13.8 Å². The van der Waals surface area contributed by atoms with Gasteiger partial charge in [0.05, 0.1) is 0 Å². The van der Waals surface area contributed by atoms with Crippen LogP contribution in [0.3, 0.4) is 0 Å². The highest BCUT2D eigenvalue weighted by atomic mass is 15.1. The number of anilines is 1. The molecule has 0 aromatic heterocycles. The van der Waals surface area contributed by atoms with Crippen molar-refractivity contribution in [1.29, 1.82) is 0 Å². The number of para-hydroxylation sites is 1. The molecule has 0 atom stereocenters. The van der Waals surface area contributed by atoms with Crippen LogP contribution in [0.2, 0.25) is 0 Å². The van der Waals surface area contributed by atoms with E-state index in [9.17, 15) is 0 Å². The Labute approximate surface area is 98.4 Å². The average molecular weight is 213 g/mol. The maximum atomic E-state index is 3.85. The Hall–Kier alpha value is -1.76. The van der Waals surface area contributed by atoms with Gasteiger partial charge in [-0.15, -0.1) is 0 Å². The van der Waals surface area contributed by atoms with Crippen molar-refractivity contribution in [3.05, 3.63) is 66.9 Å². The third kappa shape index (κ3) is 2.63. The van der Waals surface area contributed by atoms with Crippen molar-refractivity contribution in [2.75, 3.05) is 11.4 Å². The zero-order chi connectivity index (χ0) is 12.0. The van der Waals surface area contributed by atoms with Crippen LogP contribution in [0.1, 0.15) is 12.5 Å². The first-order valence-corrected chi connectivity index (χ1v) is 5.53. The van der Waals surface area contributed by atoms with Gasteiger partial charge in [-0.1, -0.05) is 37.4 Å². The highest BCUT2D eigenvalue weighted by molar-refractivity contribution is 5.59. The molecule has 0 fully saturated rings. The molecule has 0 bridgehead atoms. The summed E-state index contributed by atoms with van der Waals surface area (Å²) in [6.07, 6.45) is 5.62. The van der Waals surface area contributed by atoms with Gasteiger partial charge in [0.1, 0.15) is 0 Å². The van der Waals surface area contributed by atoms with E-state index in [0.717, 1.165) is 12.2 Å². The minimum Gasteiger partial charge on any atom is -0.342 e. The Bertz CT molecular complexity index is 402. The third-order valence-electron chi connectivity index (χ3n) is 2.53. The van der Waals surface area contributed by atoms with Crippen LogP contribution >= 0.6 is 0 Å². The molecule has 0 radical (unpaired) electrons. The van der Waals surface area contributed by atoms with Gasteiger partial charge in [-0.05, 0) is 37.6 Å². The van der Waals surface area contributed by atoms with Gasteiger partial charge in [0, 0.05) is 17.9 Å². The predicted molar refractivity (Wildman–Crippen MR) is 72.7 cm³/mol. The lowest BCUT2D eigenvalue weighted by atomic mass is 10.1. The molecule has 0 saturated carbocycles. The first-order valence-electron chi connectivity index (χ1n) is 5.53. The summed E-state index contributed by atoms with van der Waals surface area (Å²) in [6, 6.07) is 8.35. The van der Waals surface area contributed by atoms with Crippen molar-refractivity contribution >= 4 is 5.69 Å². The maximum absolute atomic E-state index is 3.85. The molecule has 0 saturated heterocycles. The lowest BCUT2D eigenvalue weighted by Gasteiger charge is -2.25. The number of allylic oxidation sites excluding steroid dienone is 3. The minimum absolute atomic E-state index is 0.913. The molecule has 0 aliphatic carbocycles. The number of aryl methyl sites for hydroxylation is 1. The van der Waals surface area contributed by atoms with E-state index in [1.165, 1.54) is 11.3 Å². The van der Waals surface area contributed by atoms with Crippen molar-refractivity contribution < 1.29 is 0 Å². The molecule has 16 heavy (non-hydrogen) atoms. The summed E-state index contributed by atoms with van der Waals surface area (Å²) < 4.78 is 0. The quantitative estimate of drug-likeness (QED) is 0.666. The number of nitrogens with zero attached hydrogens (tertiary/aromatic N) is 1. The molecule has 1 heteroatoms. The zero-order valence-corrected chi connectivity index (χ0v) is 10.1. The molecule has 0 spiro atoms. The highest BCUT2D eigenvalue weighted by Crippen LogP contribution is 2.23. The van der Waals surface area contributed by atoms with Gasteiger partial charge in [0.2, 0.25) is 0 Å².